The molecule has 0 unspecified atom stereocenters. The van der Waals surface area contributed by atoms with E-state index in [1.165, 1.54) is 15.3 Å². The van der Waals surface area contributed by atoms with Gasteiger partial charge in [0.2, 0.25) is 0 Å². The lowest BCUT2D eigenvalue weighted by Gasteiger charge is -2.36. The highest BCUT2D eigenvalue weighted by Gasteiger charge is 2.33. The third kappa shape index (κ3) is 4.58. The number of ether oxygens (including phenoxy) is 1. The van der Waals surface area contributed by atoms with Crippen LogP contribution in [-0.2, 0) is 19.6 Å². The highest BCUT2D eigenvalue weighted by atomic mass is 35.5. The maximum Gasteiger partial charge on any atom is 0.277 e. The number of sulfonamides is 1. The number of carbonyl (C=O) groups excluding carboxylic acids is 1. The Morgan fingerprint density at radius 2 is 1.85 bits per heavy atom. The molecule has 1 amide bonds. The van der Waals surface area contributed by atoms with E-state index in [2.05, 4.69) is 0 Å². The number of carbonyl (C=O) groups is 1. The fraction of sp³-hybridized carbons (Fsp3) is 0.688. The summed E-state index contributed by atoms with van der Waals surface area (Å²) in [4.78, 5) is 15.6. The van der Waals surface area contributed by atoms with Crippen LogP contribution in [0.25, 0.3) is 0 Å². The minimum Gasteiger partial charge on any atom is -0.364 e. The molecule has 7 nitrogen and oxygen atoms in total. The minimum absolute atomic E-state index is 0.0810. The van der Waals surface area contributed by atoms with Crippen molar-refractivity contribution in [3.63, 3.8) is 0 Å². The van der Waals surface area contributed by atoms with Crippen LogP contribution >= 0.6 is 22.9 Å². The molecule has 0 aliphatic carbocycles. The number of nitrogens with one attached hydrogen (secondary N) is 1. The molecular formula is C16H25ClN3O4S2+. The molecule has 146 valence electrons. The summed E-state index contributed by atoms with van der Waals surface area (Å²) in [6, 6.07) is 3.12. The molecule has 1 aromatic rings. The standard InChI is InChI=1S/C16H24ClN3O4S2/c1-12-9-18(10-13(2)24-12)11-15(21)19-5-7-20(8-6-19)26(22,23)16-4-3-14(17)25-16/h3-4,12-13H,5-11H2,1-2H3/p+1/t12-,13-/m1/s1. The summed E-state index contributed by atoms with van der Waals surface area (Å²) in [6.45, 7) is 7.61. The number of morpholine rings is 1. The number of amides is 1. The molecule has 10 heteroatoms. The second kappa shape index (κ2) is 8.12. The summed E-state index contributed by atoms with van der Waals surface area (Å²) in [6.07, 6.45) is 0.308. The molecule has 2 fully saturated rings. The molecule has 1 aromatic heterocycles. The maximum absolute atomic E-state index is 12.6. The fourth-order valence-corrected chi connectivity index (χ4v) is 6.66. The van der Waals surface area contributed by atoms with Gasteiger partial charge in [0.15, 0.2) is 6.54 Å². The molecule has 0 radical (unpaired) electrons. The van der Waals surface area contributed by atoms with Gasteiger partial charge in [-0.15, -0.1) is 11.3 Å². The lowest BCUT2D eigenvalue weighted by molar-refractivity contribution is -0.907. The predicted molar refractivity (Wildman–Crippen MR) is 100 cm³/mol. The zero-order chi connectivity index (χ0) is 18.9. The van der Waals surface area contributed by atoms with Gasteiger partial charge >= 0.3 is 0 Å². The molecule has 26 heavy (non-hydrogen) atoms. The Kier molecular flexibility index (Phi) is 6.25. The van der Waals surface area contributed by atoms with Crippen LogP contribution in [-0.4, -0.2) is 81.6 Å². The van der Waals surface area contributed by atoms with Crippen LogP contribution in [0, 0.1) is 0 Å². The summed E-state index contributed by atoms with van der Waals surface area (Å²) in [5.41, 5.74) is 0. The first-order valence-electron chi connectivity index (χ1n) is 8.78. The summed E-state index contributed by atoms with van der Waals surface area (Å²) < 4.78 is 33.1. The molecule has 3 heterocycles. The summed E-state index contributed by atoms with van der Waals surface area (Å²) >= 11 is 6.91. The van der Waals surface area contributed by atoms with Gasteiger partial charge in [-0.05, 0) is 26.0 Å². The van der Waals surface area contributed by atoms with Crippen molar-refractivity contribution in [2.75, 3.05) is 45.8 Å². The number of quaternary nitrogens is 1. The van der Waals surface area contributed by atoms with Crippen LogP contribution in [0.1, 0.15) is 13.8 Å². The normalized spacial score (nSPS) is 28.3. The Balaban J connectivity index is 1.54. The number of halogens is 1. The van der Waals surface area contributed by atoms with Gasteiger partial charge in [0.05, 0.1) is 4.34 Å². The van der Waals surface area contributed by atoms with Crippen LogP contribution in [0.2, 0.25) is 4.34 Å². The highest BCUT2D eigenvalue weighted by molar-refractivity contribution is 7.91. The molecule has 1 N–H and O–H groups in total. The number of hydrogen-bond acceptors (Lipinski definition) is 5. The van der Waals surface area contributed by atoms with E-state index in [9.17, 15) is 13.2 Å². The molecule has 2 aliphatic rings. The van der Waals surface area contributed by atoms with E-state index in [0.717, 1.165) is 24.4 Å². The lowest BCUT2D eigenvalue weighted by atomic mass is 10.2. The van der Waals surface area contributed by atoms with Crippen LogP contribution in [0.15, 0.2) is 16.3 Å². The van der Waals surface area contributed by atoms with Crippen molar-refractivity contribution >= 4 is 38.9 Å². The third-order valence-electron chi connectivity index (χ3n) is 4.75. The van der Waals surface area contributed by atoms with Gasteiger partial charge in [0.1, 0.15) is 29.5 Å². The molecule has 2 aliphatic heterocycles. The van der Waals surface area contributed by atoms with Gasteiger partial charge in [-0.25, -0.2) is 8.42 Å². The van der Waals surface area contributed by atoms with E-state index in [4.69, 9.17) is 16.3 Å². The number of piperazine rings is 1. The van der Waals surface area contributed by atoms with Crippen LogP contribution in [0.3, 0.4) is 0 Å². The van der Waals surface area contributed by atoms with E-state index >= 15 is 0 Å². The van der Waals surface area contributed by atoms with Crippen molar-refractivity contribution in [1.29, 1.82) is 0 Å². The van der Waals surface area contributed by atoms with Crippen molar-refractivity contribution in [2.24, 2.45) is 0 Å². The van der Waals surface area contributed by atoms with Crippen LogP contribution in [0.4, 0.5) is 0 Å². The Bertz CT molecular complexity index is 736. The Morgan fingerprint density at radius 3 is 2.38 bits per heavy atom. The molecule has 2 saturated heterocycles. The first-order chi connectivity index (χ1) is 12.3. The minimum atomic E-state index is -3.52. The molecular weight excluding hydrogens is 398 g/mol. The van der Waals surface area contributed by atoms with Crippen molar-refractivity contribution in [3.8, 4) is 0 Å². The molecule has 3 rings (SSSR count). The third-order valence-corrected chi connectivity index (χ3v) is 8.35. The average Bonchev–Trinajstić information content (AvgIpc) is 3.01. The molecule has 2 atom stereocenters. The summed E-state index contributed by atoms with van der Waals surface area (Å²) in [7, 11) is -3.52. The van der Waals surface area contributed by atoms with Crippen molar-refractivity contribution in [1.82, 2.24) is 9.21 Å². The Morgan fingerprint density at radius 1 is 1.23 bits per heavy atom. The van der Waals surface area contributed by atoms with Gasteiger partial charge < -0.3 is 14.5 Å². The zero-order valence-electron chi connectivity index (χ0n) is 15.0. The topological polar surface area (TPSA) is 71.4 Å². The second-order valence-corrected chi connectivity index (χ2v) is 10.8. The summed E-state index contributed by atoms with van der Waals surface area (Å²) in [5.74, 6) is 0.0810. The van der Waals surface area contributed by atoms with Gasteiger partial charge in [0, 0.05) is 26.2 Å². The lowest BCUT2D eigenvalue weighted by Crippen LogP contribution is -3.16. The van der Waals surface area contributed by atoms with Gasteiger partial charge in [0.25, 0.3) is 15.9 Å². The smallest absolute Gasteiger partial charge is 0.277 e. The van der Waals surface area contributed by atoms with E-state index in [1.807, 2.05) is 13.8 Å². The highest BCUT2D eigenvalue weighted by Crippen LogP contribution is 2.28. The number of thiophene rings is 1. The SMILES string of the molecule is C[C@@H]1C[NH+](CC(=O)N2CCN(S(=O)(=O)c3ccc(Cl)s3)CC2)C[C@@H](C)O1. The van der Waals surface area contributed by atoms with E-state index in [0.29, 0.717) is 37.1 Å². The van der Waals surface area contributed by atoms with Crippen LogP contribution < -0.4 is 4.90 Å². The van der Waals surface area contributed by atoms with Crippen molar-refractivity contribution in [3.05, 3.63) is 16.5 Å². The van der Waals surface area contributed by atoms with E-state index < -0.39 is 10.0 Å². The average molecular weight is 423 g/mol. The monoisotopic (exact) mass is 422 g/mol. The van der Waals surface area contributed by atoms with Gasteiger partial charge in [-0.2, -0.15) is 4.31 Å². The Labute approximate surface area is 163 Å². The quantitative estimate of drug-likeness (QED) is 0.737. The second-order valence-electron chi connectivity index (χ2n) is 6.94. The number of rotatable bonds is 4. The van der Waals surface area contributed by atoms with E-state index in [1.54, 1.807) is 11.0 Å². The van der Waals surface area contributed by atoms with E-state index in [-0.39, 0.29) is 22.3 Å². The largest absolute Gasteiger partial charge is 0.364 e. The first kappa shape index (κ1) is 20.0. The van der Waals surface area contributed by atoms with Crippen molar-refractivity contribution in [2.45, 2.75) is 30.3 Å². The fourth-order valence-electron chi connectivity index (χ4n) is 3.60. The molecule has 0 bridgehead atoms. The number of hydrogen-bond donors (Lipinski definition) is 1. The molecule has 0 aromatic carbocycles. The number of nitrogens with zero attached hydrogens (tertiary/aromatic N) is 2. The summed E-state index contributed by atoms with van der Waals surface area (Å²) in [5, 5.41) is 0. The van der Waals surface area contributed by atoms with Crippen molar-refractivity contribution < 1.29 is 22.8 Å². The maximum atomic E-state index is 12.6. The Hall–Kier alpha value is -0.710. The van der Waals surface area contributed by atoms with Gasteiger partial charge in [-0.1, -0.05) is 11.6 Å². The predicted octanol–water partition coefficient (Wildman–Crippen LogP) is -0.0735. The molecule has 0 saturated carbocycles. The van der Waals surface area contributed by atoms with Crippen LogP contribution in [0.5, 0.6) is 0 Å². The first-order valence-corrected chi connectivity index (χ1v) is 11.4. The molecule has 0 spiro atoms. The van der Waals surface area contributed by atoms with Gasteiger partial charge in [-0.3, -0.25) is 4.79 Å². The zero-order valence-corrected chi connectivity index (χ0v) is 17.4.